The van der Waals surface area contributed by atoms with Gasteiger partial charge in [0, 0.05) is 23.6 Å². The lowest BCUT2D eigenvalue weighted by atomic mass is 9.87. The molecule has 182 valence electrons. The van der Waals surface area contributed by atoms with Crippen LogP contribution in [0.15, 0.2) is 54.7 Å². The molecule has 0 spiro atoms. The summed E-state index contributed by atoms with van der Waals surface area (Å²) in [5, 5.41) is 21.1. The highest BCUT2D eigenvalue weighted by Gasteiger charge is 2.25. The Morgan fingerprint density at radius 3 is 2.57 bits per heavy atom. The molecule has 4 aromatic rings. The highest BCUT2D eigenvalue weighted by atomic mass is 19.3. The van der Waals surface area contributed by atoms with Gasteiger partial charge >= 0.3 is 5.97 Å². The maximum absolute atomic E-state index is 11.6. The number of alkyl halides is 2. The van der Waals surface area contributed by atoms with Crippen LogP contribution in [0.3, 0.4) is 0 Å². The SMILES string of the molecule is CC(C)(O)C(F)F.Cc1cc2ccccc2c(-c2ccc3c4c(ccnc24)CCO3)c1CC(=O)O. The third-order valence-corrected chi connectivity index (χ3v) is 6.08. The molecular formula is C28H27F2NO4. The molecule has 3 aromatic carbocycles. The summed E-state index contributed by atoms with van der Waals surface area (Å²) in [6.07, 6.45) is 0.0234. The molecule has 7 heteroatoms. The van der Waals surface area contributed by atoms with Gasteiger partial charge in [-0.05, 0) is 72.0 Å². The highest BCUT2D eigenvalue weighted by molar-refractivity contribution is 6.08. The highest BCUT2D eigenvalue weighted by Crippen LogP contribution is 2.42. The second-order valence-electron chi connectivity index (χ2n) is 9.20. The van der Waals surface area contributed by atoms with Crippen molar-refractivity contribution >= 4 is 27.6 Å². The van der Waals surface area contributed by atoms with Gasteiger partial charge in [0.05, 0.1) is 18.5 Å². The lowest BCUT2D eigenvalue weighted by molar-refractivity contribution is -0.136. The normalized spacial score (nSPS) is 12.9. The molecule has 1 aliphatic rings. The molecule has 35 heavy (non-hydrogen) atoms. The van der Waals surface area contributed by atoms with Gasteiger partial charge in [-0.15, -0.1) is 0 Å². The number of carboxylic acids is 1. The van der Waals surface area contributed by atoms with Gasteiger partial charge in [-0.2, -0.15) is 0 Å². The smallest absolute Gasteiger partial charge is 0.307 e. The Balaban J connectivity index is 0.000000364. The fourth-order valence-electron chi connectivity index (χ4n) is 4.32. The van der Waals surface area contributed by atoms with E-state index in [0.717, 1.165) is 69.9 Å². The number of ether oxygens (including phenoxy) is 1. The number of aliphatic hydroxyl groups is 1. The number of aliphatic carboxylic acids is 1. The molecule has 1 aromatic heterocycles. The number of fused-ring (bicyclic) bond motifs is 1. The summed E-state index contributed by atoms with van der Waals surface area (Å²) < 4.78 is 28.4. The van der Waals surface area contributed by atoms with E-state index in [4.69, 9.17) is 14.8 Å². The Kier molecular flexibility index (Phi) is 6.72. The van der Waals surface area contributed by atoms with Crippen LogP contribution in [-0.4, -0.2) is 39.8 Å². The van der Waals surface area contributed by atoms with Gasteiger partial charge in [0.2, 0.25) is 0 Å². The van der Waals surface area contributed by atoms with Crippen molar-refractivity contribution in [1.29, 1.82) is 0 Å². The molecule has 0 aliphatic carbocycles. The first kappa shape index (κ1) is 24.5. The van der Waals surface area contributed by atoms with Crippen LogP contribution in [0.25, 0.3) is 32.8 Å². The molecule has 0 amide bonds. The Labute approximate surface area is 202 Å². The van der Waals surface area contributed by atoms with Crippen LogP contribution in [0, 0.1) is 6.92 Å². The minimum absolute atomic E-state index is 0.0224. The summed E-state index contributed by atoms with van der Waals surface area (Å²) >= 11 is 0. The summed E-state index contributed by atoms with van der Waals surface area (Å²) in [6, 6.07) is 16.2. The molecule has 0 saturated carbocycles. The number of hydrogen-bond acceptors (Lipinski definition) is 4. The zero-order chi connectivity index (χ0) is 25.3. The summed E-state index contributed by atoms with van der Waals surface area (Å²) in [5.41, 5.74) is 4.00. The maximum Gasteiger partial charge on any atom is 0.307 e. The molecule has 0 fully saturated rings. The van der Waals surface area contributed by atoms with Gasteiger partial charge in [-0.1, -0.05) is 30.3 Å². The molecule has 5 nitrogen and oxygen atoms in total. The minimum Gasteiger partial charge on any atom is -0.493 e. The summed E-state index contributed by atoms with van der Waals surface area (Å²) in [6.45, 7) is 4.79. The molecule has 0 atom stereocenters. The van der Waals surface area contributed by atoms with E-state index in [0.29, 0.717) is 6.61 Å². The standard InChI is InChI=1S/C24H19NO3.C4H8F2O/c1-14-12-16-4-2-3-5-17(16)23(19(14)13-21(26)27)18-6-7-20-22-15(9-11-28-20)8-10-25-24(18)22;1-4(2,7)3(5)6/h2-8,10,12H,9,11,13H2,1H3,(H,26,27);3,7H,1-2H3. The van der Waals surface area contributed by atoms with Crippen LogP contribution in [0.2, 0.25) is 0 Å². The molecule has 2 heterocycles. The number of carboxylic acid groups (broad SMARTS) is 1. The van der Waals surface area contributed by atoms with Crippen LogP contribution in [0.1, 0.15) is 30.5 Å². The lowest BCUT2D eigenvalue weighted by Gasteiger charge is -2.21. The van der Waals surface area contributed by atoms with E-state index in [-0.39, 0.29) is 6.42 Å². The van der Waals surface area contributed by atoms with Crippen molar-refractivity contribution in [2.45, 2.75) is 45.6 Å². The average molecular weight is 480 g/mol. The van der Waals surface area contributed by atoms with Gasteiger partial charge in [0.25, 0.3) is 6.43 Å². The van der Waals surface area contributed by atoms with E-state index in [1.165, 1.54) is 5.56 Å². The fourth-order valence-corrected chi connectivity index (χ4v) is 4.32. The van der Waals surface area contributed by atoms with Crippen molar-refractivity contribution in [2.75, 3.05) is 6.61 Å². The Morgan fingerprint density at radius 2 is 1.89 bits per heavy atom. The van der Waals surface area contributed by atoms with Crippen molar-refractivity contribution in [2.24, 2.45) is 0 Å². The topological polar surface area (TPSA) is 79.7 Å². The van der Waals surface area contributed by atoms with E-state index >= 15 is 0 Å². The molecule has 0 unspecified atom stereocenters. The van der Waals surface area contributed by atoms with Gasteiger partial charge in [0.1, 0.15) is 11.4 Å². The second kappa shape index (κ2) is 9.58. The van der Waals surface area contributed by atoms with Crippen LogP contribution < -0.4 is 4.74 Å². The Morgan fingerprint density at radius 1 is 1.17 bits per heavy atom. The molecule has 1 aliphatic heterocycles. The van der Waals surface area contributed by atoms with Crippen LogP contribution in [0.4, 0.5) is 8.78 Å². The van der Waals surface area contributed by atoms with Crippen LogP contribution in [-0.2, 0) is 17.6 Å². The zero-order valence-corrected chi connectivity index (χ0v) is 19.8. The van der Waals surface area contributed by atoms with Crippen molar-refractivity contribution in [3.63, 3.8) is 0 Å². The van der Waals surface area contributed by atoms with Gasteiger partial charge in [0.15, 0.2) is 0 Å². The van der Waals surface area contributed by atoms with Crippen molar-refractivity contribution < 1.29 is 28.5 Å². The van der Waals surface area contributed by atoms with Gasteiger partial charge in [-0.3, -0.25) is 9.78 Å². The largest absolute Gasteiger partial charge is 0.493 e. The van der Waals surface area contributed by atoms with Crippen molar-refractivity contribution in [1.82, 2.24) is 4.98 Å². The monoisotopic (exact) mass is 479 g/mol. The predicted octanol–water partition coefficient (Wildman–Crippen LogP) is 5.95. The number of carbonyl (C=O) groups is 1. The Hall–Kier alpha value is -3.58. The number of nitrogens with zero attached hydrogens (tertiary/aromatic N) is 1. The quantitative estimate of drug-likeness (QED) is 0.378. The second-order valence-corrected chi connectivity index (χ2v) is 9.20. The summed E-state index contributed by atoms with van der Waals surface area (Å²) in [5.74, 6) is 0.0171. The number of rotatable bonds is 4. The van der Waals surface area contributed by atoms with E-state index in [1.807, 2.05) is 43.5 Å². The number of hydrogen-bond donors (Lipinski definition) is 2. The number of halogens is 2. The number of pyridine rings is 1. The van der Waals surface area contributed by atoms with E-state index < -0.39 is 18.0 Å². The first-order valence-corrected chi connectivity index (χ1v) is 11.3. The third-order valence-electron chi connectivity index (χ3n) is 6.08. The molecular weight excluding hydrogens is 452 g/mol. The molecule has 2 N–H and O–H groups in total. The van der Waals surface area contributed by atoms with Crippen molar-refractivity contribution in [3.8, 4) is 16.9 Å². The van der Waals surface area contributed by atoms with E-state index in [9.17, 15) is 18.7 Å². The van der Waals surface area contributed by atoms with Crippen LogP contribution in [0.5, 0.6) is 5.75 Å². The van der Waals surface area contributed by atoms with Gasteiger partial charge in [-0.25, -0.2) is 8.78 Å². The van der Waals surface area contributed by atoms with Crippen molar-refractivity contribution in [3.05, 3.63) is 71.4 Å². The lowest BCUT2D eigenvalue weighted by Crippen LogP contribution is -2.28. The molecule has 0 bridgehead atoms. The number of aryl methyl sites for hydroxylation is 1. The molecule has 0 saturated heterocycles. The van der Waals surface area contributed by atoms with E-state index in [1.54, 1.807) is 0 Å². The fraction of sp³-hybridized carbons (Fsp3) is 0.286. The van der Waals surface area contributed by atoms with Gasteiger partial charge < -0.3 is 14.9 Å². The zero-order valence-electron chi connectivity index (χ0n) is 19.8. The first-order chi connectivity index (χ1) is 16.6. The average Bonchev–Trinajstić information content (AvgIpc) is 2.80. The minimum atomic E-state index is -2.65. The number of benzene rings is 3. The van der Waals surface area contributed by atoms with E-state index in [2.05, 4.69) is 18.2 Å². The number of aromatic nitrogens is 1. The maximum atomic E-state index is 11.6. The first-order valence-electron chi connectivity index (χ1n) is 11.3. The summed E-state index contributed by atoms with van der Waals surface area (Å²) in [4.78, 5) is 16.3. The molecule has 5 rings (SSSR count). The van der Waals surface area contributed by atoms with Crippen LogP contribution >= 0.6 is 0 Å². The summed E-state index contributed by atoms with van der Waals surface area (Å²) in [7, 11) is 0. The third kappa shape index (κ3) is 4.95. The Bertz CT molecular complexity index is 1400. The molecule has 0 radical (unpaired) electrons. The predicted molar refractivity (Wildman–Crippen MR) is 132 cm³/mol.